The largest absolute Gasteiger partial charge is 0.507 e. The average Bonchev–Trinajstić information content (AvgIpc) is 2.45. The van der Waals surface area contributed by atoms with Crippen molar-refractivity contribution in [3.8, 4) is 11.5 Å². The van der Waals surface area contributed by atoms with Crippen molar-refractivity contribution in [2.24, 2.45) is 0 Å². The van der Waals surface area contributed by atoms with Gasteiger partial charge in [0.15, 0.2) is 0 Å². The number of aromatic hydroxyl groups is 2. The zero-order valence-corrected chi connectivity index (χ0v) is 12.9. The summed E-state index contributed by atoms with van der Waals surface area (Å²) >= 11 is 1.35. The molecule has 2 N–H and O–H groups in total. The van der Waals surface area contributed by atoms with Crippen molar-refractivity contribution in [2.45, 2.75) is 23.6 Å². The zero-order valence-electron chi connectivity index (χ0n) is 12.1. The van der Waals surface area contributed by atoms with Crippen molar-refractivity contribution in [3.05, 3.63) is 59.7 Å². The second-order valence-corrected chi connectivity index (χ2v) is 5.64. The number of hydrogen-bond acceptors (Lipinski definition) is 3. The van der Waals surface area contributed by atoms with E-state index < -0.39 is 0 Å². The minimum atomic E-state index is 0.215. The monoisotopic (exact) mass is 298 g/mol. The van der Waals surface area contributed by atoms with Crippen molar-refractivity contribution in [1.29, 1.82) is 0 Å². The lowest BCUT2D eigenvalue weighted by molar-refractivity contribution is 0.460. The summed E-state index contributed by atoms with van der Waals surface area (Å²) in [4.78, 5) is 1.44. The molecule has 21 heavy (non-hydrogen) atoms. The van der Waals surface area contributed by atoms with Crippen LogP contribution in [0.25, 0.3) is 12.2 Å². The molecule has 0 fully saturated rings. The fourth-order valence-corrected chi connectivity index (χ4v) is 2.79. The van der Waals surface area contributed by atoms with Gasteiger partial charge in [-0.2, -0.15) is 0 Å². The lowest BCUT2D eigenvalue weighted by Crippen LogP contribution is -1.80. The summed E-state index contributed by atoms with van der Waals surface area (Å²) in [5, 5.41) is 20.1. The number of benzene rings is 2. The summed E-state index contributed by atoms with van der Waals surface area (Å²) in [6.45, 7) is 3.87. The molecule has 0 bridgehead atoms. The normalized spacial score (nSPS) is 11.5. The van der Waals surface area contributed by atoms with Gasteiger partial charge in [-0.15, -0.1) is 0 Å². The molecule has 0 radical (unpaired) electrons. The molecule has 0 amide bonds. The molecular formula is C18H18O2S. The van der Waals surface area contributed by atoms with Crippen molar-refractivity contribution in [1.82, 2.24) is 0 Å². The third-order valence-electron chi connectivity index (χ3n) is 2.90. The smallest absolute Gasteiger partial charge is 0.130 e. The minimum absolute atomic E-state index is 0.215. The van der Waals surface area contributed by atoms with Gasteiger partial charge in [-0.05, 0) is 49.2 Å². The molecule has 2 aromatic rings. The molecule has 0 unspecified atom stereocenters. The fourth-order valence-electron chi connectivity index (χ4n) is 1.95. The van der Waals surface area contributed by atoms with E-state index in [1.165, 1.54) is 11.8 Å². The first kappa shape index (κ1) is 15.3. The van der Waals surface area contributed by atoms with Crippen LogP contribution in [0.1, 0.15) is 25.0 Å². The third kappa shape index (κ3) is 3.92. The Bertz CT molecular complexity index is 628. The van der Waals surface area contributed by atoms with Crippen LogP contribution in [-0.4, -0.2) is 10.2 Å². The van der Waals surface area contributed by atoms with Crippen LogP contribution >= 0.6 is 11.8 Å². The van der Waals surface area contributed by atoms with Crippen LogP contribution in [0.4, 0.5) is 0 Å². The molecule has 0 saturated heterocycles. The second-order valence-electron chi connectivity index (χ2n) is 4.56. The van der Waals surface area contributed by atoms with Gasteiger partial charge in [-0.25, -0.2) is 0 Å². The Kier molecular flexibility index (Phi) is 5.12. The highest BCUT2D eigenvalue weighted by atomic mass is 32.2. The van der Waals surface area contributed by atoms with Gasteiger partial charge in [0, 0.05) is 0 Å². The maximum absolute atomic E-state index is 10.1. The summed E-state index contributed by atoms with van der Waals surface area (Å²) in [6.07, 6.45) is 7.70. The van der Waals surface area contributed by atoms with Crippen LogP contribution in [0, 0.1) is 0 Å². The Labute approximate surface area is 129 Å². The Morgan fingerprint density at radius 1 is 0.762 bits per heavy atom. The van der Waals surface area contributed by atoms with Crippen molar-refractivity contribution >= 4 is 23.9 Å². The lowest BCUT2D eigenvalue weighted by atomic mass is 10.2. The quantitative estimate of drug-likeness (QED) is 0.803. The summed E-state index contributed by atoms with van der Waals surface area (Å²) in [7, 11) is 0. The molecule has 2 rings (SSSR count). The maximum atomic E-state index is 10.1. The van der Waals surface area contributed by atoms with Crippen LogP contribution in [0.5, 0.6) is 11.5 Å². The van der Waals surface area contributed by atoms with E-state index in [4.69, 9.17) is 0 Å². The van der Waals surface area contributed by atoms with Crippen molar-refractivity contribution < 1.29 is 10.2 Å². The van der Waals surface area contributed by atoms with Gasteiger partial charge in [0.05, 0.1) is 9.79 Å². The number of phenolic OH excluding ortho intramolecular Hbond substituents is 2. The highest BCUT2D eigenvalue weighted by Crippen LogP contribution is 2.39. The van der Waals surface area contributed by atoms with Crippen LogP contribution in [0.3, 0.4) is 0 Å². The first-order valence-corrected chi connectivity index (χ1v) is 7.55. The first-order valence-electron chi connectivity index (χ1n) is 6.73. The molecule has 0 aromatic heterocycles. The van der Waals surface area contributed by atoms with Gasteiger partial charge in [-0.3, -0.25) is 0 Å². The molecule has 0 atom stereocenters. The van der Waals surface area contributed by atoms with E-state index in [-0.39, 0.29) is 11.5 Å². The van der Waals surface area contributed by atoms with Crippen LogP contribution in [0.2, 0.25) is 0 Å². The predicted molar refractivity (Wildman–Crippen MR) is 89.8 cm³/mol. The second kappa shape index (κ2) is 7.04. The maximum Gasteiger partial charge on any atom is 0.130 e. The number of allylic oxidation sites excluding steroid dienone is 2. The van der Waals surface area contributed by atoms with E-state index in [9.17, 15) is 10.2 Å². The molecule has 0 heterocycles. The molecule has 3 heteroatoms. The van der Waals surface area contributed by atoms with Gasteiger partial charge in [-0.1, -0.05) is 48.2 Å². The Balaban J connectivity index is 2.26. The van der Waals surface area contributed by atoms with E-state index in [0.717, 1.165) is 20.9 Å². The fraction of sp³-hybridized carbons (Fsp3) is 0.111. The number of hydrogen-bond donors (Lipinski definition) is 2. The zero-order chi connectivity index (χ0) is 15.2. The molecule has 0 spiro atoms. The Morgan fingerprint density at radius 2 is 1.19 bits per heavy atom. The van der Waals surface area contributed by atoms with Gasteiger partial charge in [0.2, 0.25) is 0 Å². The highest BCUT2D eigenvalue weighted by Gasteiger charge is 2.08. The minimum Gasteiger partial charge on any atom is -0.507 e. The summed E-state index contributed by atoms with van der Waals surface area (Å²) in [5.41, 5.74) is 1.90. The van der Waals surface area contributed by atoms with Crippen LogP contribution in [0.15, 0.2) is 58.3 Å². The van der Waals surface area contributed by atoms with Crippen LogP contribution < -0.4 is 0 Å². The van der Waals surface area contributed by atoms with Crippen molar-refractivity contribution in [2.75, 3.05) is 0 Å². The van der Waals surface area contributed by atoms with E-state index in [2.05, 4.69) is 0 Å². The average molecular weight is 298 g/mol. The first-order chi connectivity index (χ1) is 10.1. The van der Waals surface area contributed by atoms with E-state index in [0.29, 0.717) is 0 Å². The van der Waals surface area contributed by atoms with E-state index in [1.54, 1.807) is 12.1 Å². The SMILES string of the molecule is CC=Cc1ccc(Sc2ccc(C=CC)cc2O)c(O)c1. The van der Waals surface area contributed by atoms with E-state index in [1.807, 2.05) is 62.4 Å². The highest BCUT2D eigenvalue weighted by molar-refractivity contribution is 7.99. The summed E-state index contributed by atoms with van der Waals surface area (Å²) < 4.78 is 0. The Hall–Kier alpha value is -2.13. The molecule has 108 valence electrons. The van der Waals surface area contributed by atoms with Gasteiger partial charge >= 0.3 is 0 Å². The van der Waals surface area contributed by atoms with Crippen LogP contribution in [-0.2, 0) is 0 Å². The third-order valence-corrected chi connectivity index (χ3v) is 4.03. The predicted octanol–water partition coefficient (Wildman–Crippen LogP) is 5.32. The molecule has 2 nitrogen and oxygen atoms in total. The van der Waals surface area contributed by atoms with Gasteiger partial charge in [0.25, 0.3) is 0 Å². The molecule has 2 aromatic carbocycles. The molecule has 0 aliphatic heterocycles. The summed E-state index contributed by atoms with van der Waals surface area (Å²) in [5.74, 6) is 0.431. The van der Waals surface area contributed by atoms with E-state index >= 15 is 0 Å². The lowest BCUT2D eigenvalue weighted by Gasteiger charge is -2.08. The standard InChI is InChI=1S/C18H18O2S/c1-3-5-13-7-9-17(15(19)11-13)21-18-10-8-14(6-4-2)12-16(18)20/h3-12,19-20H,1-2H3. The Morgan fingerprint density at radius 3 is 1.52 bits per heavy atom. The topological polar surface area (TPSA) is 40.5 Å². The molecule has 0 aliphatic rings. The molecule has 0 saturated carbocycles. The number of phenols is 2. The molecular weight excluding hydrogens is 280 g/mol. The molecule has 0 aliphatic carbocycles. The van der Waals surface area contributed by atoms with Gasteiger partial charge in [0.1, 0.15) is 11.5 Å². The number of rotatable bonds is 4. The van der Waals surface area contributed by atoms with Crippen molar-refractivity contribution in [3.63, 3.8) is 0 Å². The van der Waals surface area contributed by atoms with Gasteiger partial charge < -0.3 is 10.2 Å². The summed E-state index contributed by atoms with van der Waals surface area (Å²) in [6, 6.07) is 11.0.